The van der Waals surface area contributed by atoms with Crippen molar-refractivity contribution in [3.05, 3.63) is 29.3 Å². The summed E-state index contributed by atoms with van der Waals surface area (Å²) in [4.78, 5) is 41.5. The second-order valence-electron chi connectivity index (χ2n) is 8.80. The van der Waals surface area contributed by atoms with Crippen LogP contribution in [0.2, 0.25) is 0 Å². The highest BCUT2D eigenvalue weighted by Gasteiger charge is 2.74. The van der Waals surface area contributed by atoms with Gasteiger partial charge in [0.05, 0.1) is 18.8 Å². The molecule has 1 aromatic carbocycles. The van der Waals surface area contributed by atoms with E-state index in [2.05, 4.69) is 19.2 Å². The lowest BCUT2D eigenvalue weighted by molar-refractivity contribution is -0.734. The number of nitrogens with two attached hydrogens (primary N) is 1. The standard InChI is InChI=1S/C22H29N3O4/c1-5-13-7-6-8-14-18(13)23-21(28)22(14)17-16(15(24-22)11-12(2)3)19(26)25(20(17)27)9-10-29-4/h6-8,12,15-17,24H,5,9-11H2,1-4H3,(H,23,28)/p+1/t15-,16-,17+,22+/m1/s1. The van der Waals surface area contributed by atoms with Crippen molar-refractivity contribution in [2.24, 2.45) is 17.8 Å². The first-order chi connectivity index (χ1) is 13.9. The van der Waals surface area contributed by atoms with Crippen molar-refractivity contribution in [3.63, 3.8) is 0 Å². The Labute approximate surface area is 171 Å². The highest BCUT2D eigenvalue weighted by Crippen LogP contribution is 2.50. The van der Waals surface area contributed by atoms with Gasteiger partial charge in [-0.2, -0.15) is 0 Å². The fourth-order valence-electron chi connectivity index (χ4n) is 5.57. The van der Waals surface area contributed by atoms with E-state index in [0.717, 1.165) is 29.7 Å². The van der Waals surface area contributed by atoms with Crippen LogP contribution in [0.5, 0.6) is 0 Å². The summed E-state index contributed by atoms with van der Waals surface area (Å²) in [6, 6.07) is 5.78. The number of para-hydroxylation sites is 1. The van der Waals surface area contributed by atoms with Gasteiger partial charge in [0.25, 0.3) is 5.91 Å². The maximum Gasteiger partial charge on any atom is 0.291 e. The van der Waals surface area contributed by atoms with Crippen LogP contribution in [0.1, 0.15) is 38.3 Å². The molecule has 0 radical (unpaired) electrons. The molecular formula is C22H30N3O4+. The summed E-state index contributed by atoms with van der Waals surface area (Å²) in [5, 5.41) is 5.07. The third-order valence-electron chi connectivity index (χ3n) is 6.73. The van der Waals surface area contributed by atoms with E-state index in [4.69, 9.17) is 4.74 Å². The number of hydrogen-bond acceptors (Lipinski definition) is 4. The summed E-state index contributed by atoms with van der Waals surface area (Å²) in [6.45, 7) is 6.79. The highest BCUT2D eigenvalue weighted by molar-refractivity contribution is 6.14. The largest absolute Gasteiger partial charge is 0.383 e. The zero-order valence-corrected chi connectivity index (χ0v) is 17.5. The molecule has 0 unspecified atom stereocenters. The van der Waals surface area contributed by atoms with Gasteiger partial charge in [-0.25, -0.2) is 0 Å². The van der Waals surface area contributed by atoms with Gasteiger partial charge in [-0.05, 0) is 17.9 Å². The Bertz CT molecular complexity index is 868. The number of ether oxygens (including phenoxy) is 1. The minimum Gasteiger partial charge on any atom is -0.383 e. The smallest absolute Gasteiger partial charge is 0.291 e. The average molecular weight is 400 g/mol. The molecule has 3 aliphatic rings. The number of likely N-dealkylation sites (tertiary alicyclic amines) is 1. The van der Waals surface area contributed by atoms with Gasteiger partial charge in [0.15, 0.2) is 0 Å². The van der Waals surface area contributed by atoms with Gasteiger partial charge in [-0.15, -0.1) is 0 Å². The van der Waals surface area contributed by atoms with Gasteiger partial charge in [-0.1, -0.05) is 39.0 Å². The van der Waals surface area contributed by atoms with Crippen LogP contribution in [-0.4, -0.2) is 48.9 Å². The number of rotatable bonds is 6. The fourth-order valence-corrected chi connectivity index (χ4v) is 5.57. The molecule has 4 rings (SSSR count). The summed E-state index contributed by atoms with van der Waals surface area (Å²) < 4.78 is 5.11. The molecule has 0 aromatic heterocycles. The van der Waals surface area contributed by atoms with Crippen LogP contribution in [0, 0.1) is 17.8 Å². The maximum atomic E-state index is 13.5. The summed E-state index contributed by atoms with van der Waals surface area (Å²) in [7, 11) is 1.55. The number of methoxy groups -OCH3 is 1. The number of aryl methyl sites for hydroxylation is 1. The van der Waals surface area contributed by atoms with Gasteiger partial charge in [0.2, 0.25) is 17.4 Å². The second-order valence-corrected chi connectivity index (χ2v) is 8.80. The first-order valence-corrected chi connectivity index (χ1v) is 10.5. The van der Waals surface area contributed by atoms with E-state index in [1.54, 1.807) is 7.11 Å². The first kappa shape index (κ1) is 20.0. The Morgan fingerprint density at radius 1 is 1.24 bits per heavy atom. The fraction of sp³-hybridized carbons (Fsp3) is 0.591. The van der Waals surface area contributed by atoms with Crippen molar-refractivity contribution in [2.75, 3.05) is 25.6 Å². The Hall–Kier alpha value is -2.25. The Morgan fingerprint density at radius 2 is 2.00 bits per heavy atom. The van der Waals surface area contributed by atoms with E-state index in [1.807, 2.05) is 30.4 Å². The van der Waals surface area contributed by atoms with E-state index in [9.17, 15) is 14.4 Å². The second kappa shape index (κ2) is 7.22. The van der Waals surface area contributed by atoms with Crippen molar-refractivity contribution < 1.29 is 24.4 Å². The van der Waals surface area contributed by atoms with Crippen LogP contribution in [0.25, 0.3) is 0 Å². The van der Waals surface area contributed by atoms with Crippen LogP contribution in [0.4, 0.5) is 5.69 Å². The van der Waals surface area contributed by atoms with Gasteiger partial charge < -0.3 is 15.4 Å². The third-order valence-corrected chi connectivity index (χ3v) is 6.73. The molecule has 2 saturated heterocycles. The average Bonchev–Trinajstić information content (AvgIpc) is 3.25. The molecule has 0 aliphatic carbocycles. The topological polar surface area (TPSA) is 92.3 Å². The minimum absolute atomic E-state index is 0.106. The van der Waals surface area contributed by atoms with Gasteiger partial charge >= 0.3 is 0 Å². The van der Waals surface area contributed by atoms with E-state index < -0.39 is 17.4 Å². The van der Waals surface area contributed by atoms with Crippen LogP contribution in [0.15, 0.2) is 18.2 Å². The van der Waals surface area contributed by atoms with Gasteiger partial charge in [-0.3, -0.25) is 19.3 Å². The summed E-state index contributed by atoms with van der Waals surface area (Å²) in [5.74, 6) is -1.39. The predicted molar refractivity (Wildman–Crippen MR) is 107 cm³/mol. The predicted octanol–water partition coefficient (Wildman–Crippen LogP) is 0.636. The molecule has 3 amide bonds. The van der Waals surface area contributed by atoms with Gasteiger partial charge in [0.1, 0.15) is 17.9 Å². The highest BCUT2D eigenvalue weighted by atomic mass is 16.5. The molecule has 1 aromatic rings. The Morgan fingerprint density at radius 3 is 2.66 bits per heavy atom. The number of anilines is 1. The third kappa shape index (κ3) is 2.74. The van der Waals surface area contributed by atoms with E-state index in [-0.39, 0.29) is 30.3 Å². The number of hydrogen-bond donors (Lipinski definition) is 2. The normalized spacial score (nSPS) is 30.4. The number of nitrogens with one attached hydrogen (secondary N) is 1. The molecule has 4 atom stereocenters. The quantitative estimate of drug-likeness (QED) is 0.686. The summed E-state index contributed by atoms with van der Waals surface area (Å²) in [6.07, 6.45) is 1.56. The van der Waals surface area contributed by atoms with Crippen LogP contribution in [-0.2, 0) is 31.1 Å². The molecule has 29 heavy (non-hydrogen) atoms. The van der Waals surface area contributed by atoms with Crippen molar-refractivity contribution in [1.29, 1.82) is 0 Å². The Balaban J connectivity index is 1.84. The number of benzene rings is 1. The summed E-state index contributed by atoms with van der Waals surface area (Å²) in [5.41, 5.74) is 1.64. The molecule has 7 heteroatoms. The lowest BCUT2D eigenvalue weighted by atomic mass is 9.76. The van der Waals surface area contributed by atoms with Crippen LogP contribution >= 0.6 is 0 Å². The molecule has 156 valence electrons. The number of nitrogens with zero attached hydrogens (tertiary/aromatic N) is 1. The minimum atomic E-state index is -1.07. The van der Waals surface area contributed by atoms with E-state index >= 15 is 0 Å². The summed E-state index contributed by atoms with van der Waals surface area (Å²) >= 11 is 0. The number of fused-ring (bicyclic) bond motifs is 4. The molecular weight excluding hydrogens is 370 g/mol. The molecule has 2 fully saturated rings. The zero-order chi connectivity index (χ0) is 20.9. The van der Waals surface area contributed by atoms with Crippen molar-refractivity contribution in [1.82, 2.24) is 4.90 Å². The molecule has 3 aliphatic heterocycles. The first-order valence-electron chi connectivity index (χ1n) is 10.5. The number of carbonyl (C=O) groups is 3. The van der Waals surface area contributed by atoms with Crippen molar-refractivity contribution in [2.45, 2.75) is 45.2 Å². The number of quaternary nitrogens is 1. The van der Waals surface area contributed by atoms with Gasteiger partial charge in [0, 0.05) is 19.1 Å². The molecule has 0 bridgehead atoms. The van der Waals surface area contributed by atoms with Crippen molar-refractivity contribution >= 4 is 23.4 Å². The number of amides is 3. The SMILES string of the molecule is CCc1cccc2c1NC(=O)[C@]21[NH2+][C@H](CC(C)C)[C@H]2C(=O)N(CCOC)C(=O)[C@H]21. The molecule has 3 N–H and O–H groups in total. The zero-order valence-electron chi connectivity index (χ0n) is 17.5. The van der Waals surface area contributed by atoms with E-state index in [1.165, 1.54) is 4.90 Å². The number of imide groups is 1. The number of carbonyl (C=O) groups excluding carboxylic acids is 3. The van der Waals surface area contributed by atoms with Crippen molar-refractivity contribution in [3.8, 4) is 0 Å². The van der Waals surface area contributed by atoms with Crippen LogP contribution < -0.4 is 10.6 Å². The molecule has 1 spiro atoms. The molecule has 3 heterocycles. The van der Waals surface area contributed by atoms with E-state index in [0.29, 0.717) is 12.5 Å². The molecule has 7 nitrogen and oxygen atoms in total. The van der Waals surface area contributed by atoms with Crippen LogP contribution in [0.3, 0.4) is 0 Å². The Kier molecular flexibility index (Phi) is 4.99. The maximum absolute atomic E-state index is 13.5. The lowest BCUT2D eigenvalue weighted by Crippen LogP contribution is -2.99. The molecule has 0 saturated carbocycles. The monoisotopic (exact) mass is 400 g/mol. The lowest BCUT2D eigenvalue weighted by Gasteiger charge is -2.26.